The molecular weight excluding hydrogens is 286 g/mol. The van der Waals surface area contributed by atoms with Gasteiger partial charge in [0.1, 0.15) is 0 Å². The first-order chi connectivity index (χ1) is 9.77. The summed E-state index contributed by atoms with van der Waals surface area (Å²) in [7, 11) is -1.67. The molecule has 126 valence electrons. The van der Waals surface area contributed by atoms with Gasteiger partial charge < -0.3 is 5.32 Å². The highest BCUT2D eigenvalue weighted by atomic mass is 32.2. The van der Waals surface area contributed by atoms with Crippen molar-refractivity contribution in [3.63, 3.8) is 0 Å². The van der Waals surface area contributed by atoms with Crippen LogP contribution in [0.25, 0.3) is 0 Å². The third kappa shape index (κ3) is 7.08. The summed E-state index contributed by atoms with van der Waals surface area (Å²) in [5.74, 6) is 0. The van der Waals surface area contributed by atoms with Crippen molar-refractivity contribution in [1.29, 1.82) is 0 Å². The molecule has 0 aromatic heterocycles. The SMILES string of the molecule is CCCNCCCN(C)S(=O)(=O)NC1CCC(C)(C)CC1. The Morgan fingerprint density at radius 3 is 2.38 bits per heavy atom. The van der Waals surface area contributed by atoms with Gasteiger partial charge in [-0.25, -0.2) is 0 Å². The largest absolute Gasteiger partial charge is 0.317 e. The van der Waals surface area contributed by atoms with Gasteiger partial charge >= 0.3 is 0 Å². The summed E-state index contributed by atoms with van der Waals surface area (Å²) in [5.41, 5.74) is 0.360. The van der Waals surface area contributed by atoms with Gasteiger partial charge in [0.25, 0.3) is 10.2 Å². The molecule has 0 unspecified atom stereocenters. The fourth-order valence-electron chi connectivity index (χ4n) is 2.67. The van der Waals surface area contributed by atoms with Gasteiger partial charge in [-0.3, -0.25) is 0 Å². The van der Waals surface area contributed by atoms with Crippen LogP contribution >= 0.6 is 0 Å². The minimum absolute atomic E-state index is 0.101. The Bertz CT molecular complexity index is 386. The molecule has 0 heterocycles. The van der Waals surface area contributed by atoms with Crippen molar-refractivity contribution in [2.75, 3.05) is 26.7 Å². The summed E-state index contributed by atoms with van der Waals surface area (Å²) in [5, 5.41) is 3.29. The molecule has 0 atom stereocenters. The zero-order valence-electron chi connectivity index (χ0n) is 14.1. The van der Waals surface area contributed by atoms with E-state index in [1.54, 1.807) is 7.05 Å². The molecule has 0 spiro atoms. The number of nitrogens with one attached hydrogen (secondary N) is 2. The Morgan fingerprint density at radius 2 is 1.81 bits per heavy atom. The van der Waals surface area contributed by atoms with Crippen LogP contribution in [0.1, 0.15) is 59.3 Å². The number of nitrogens with zero attached hydrogens (tertiary/aromatic N) is 1. The first-order valence-electron chi connectivity index (χ1n) is 8.21. The van der Waals surface area contributed by atoms with Gasteiger partial charge in [0, 0.05) is 19.6 Å². The second-order valence-corrected chi connectivity index (χ2v) is 8.80. The summed E-state index contributed by atoms with van der Waals surface area (Å²) < 4.78 is 28.9. The van der Waals surface area contributed by atoms with Crippen LogP contribution in [-0.4, -0.2) is 45.4 Å². The van der Waals surface area contributed by atoms with E-state index >= 15 is 0 Å². The first kappa shape index (κ1) is 18.9. The normalized spacial score (nSPS) is 20.0. The lowest BCUT2D eigenvalue weighted by atomic mass is 9.76. The van der Waals surface area contributed by atoms with Crippen LogP contribution in [0.2, 0.25) is 0 Å². The van der Waals surface area contributed by atoms with E-state index in [2.05, 4.69) is 30.8 Å². The van der Waals surface area contributed by atoms with E-state index in [1.165, 1.54) is 4.31 Å². The minimum Gasteiger partial charge on any atom is -0.317 e. The van der Waals surface area contributed by atoms with E-state index < -0.39 is 10.2 Å². The molecule has 1 aliphatic carbocycles. The second-order valence-electron chi connectivity index (χ2n) is 6.99. The summed E-state index contributed by atoms with van der Waals surface area (Å²) in [6.07, 6.45) is 6.01. The third-order valence-electron chi connectivity index (χ3n) is 4.32. The topological polar surface area (TPSA) is 61.4 Å². The summed E-state index contributed by atoms with van der Waals surface area (Å²) in [6.45, 7) is 9.06. The van der Waals surface area contributed by atoms with Crippen molar-refractivity contribution in [1.82, 2.24) is 14.3 Å². The Kier molecular flexibility index (Phi) is 7.60. The Morgan fingerprint density at radius 1 is 1.19 bits per heavy atom. The van der Waals surface area contributed by atoms with E-state index in [0.717, 1.165) is 51.6 Å². The summed E-state index contributed by atoms with van der Waals surface area (Å²) in [6, 6.07) is 0.101. The second kappa shape index (κ2) is 8.46. The van der Waals surface area contributed by atoms with E-state index in [0.29, 0.717) is 12.0 Å². The molecule has 6 heteroatoms. The van der Waals surface area contributed by atoms with E-state index in [-0.39, 0.29) is 6.04 Å². The molecule has 1 rings (SSSR count). The van der Waals surface area contributed by atoms with E-state index in [9.17, 15) is 8.42 Å². The Balaban J connectivity index is 2.32. The molecular formula is C15H33N3O2S. The monoisotopic (exact) mass is 319 g/mol. The number of hydrogen-bond acceptors (Lipinski definition) is 3. The Labute approximate surface area is 131 Å². The van der Waals surface area contributed by atoms with E-state index in [4.69, 9.17) is 0 Å². The molecule has 0 aromatic carbocycles. The molecule has 5 nitrogen and oxygen atoms in total. The standard InChI is InChI=1S/C15H33N3O2S/c1-5-11-16-12-6-13-18(4)21(19,20)17-14-7-9-15(2,3)10-8-14/h14,16-17H,5-13H2,1-4H3. The van der Waals surface area contributed by atoms with Gasteiger partial charge in [0.05, 0.1) is 0 Å². The number of hydrogen-bond donors (Lipinski definition) is 2. The van der Waals surface area contributed by atoms with Crippen molar-refractivity contribution in [3.8, 4) is 0 Å². The molecule has 0 aromatic rings. The fraction of sp³-hybridized carbons (Fsp3) is 1.00. The van der Waals surface area contributed by atoms with Crippen LogP contribution in [0.4, 0.5) is 0 Å². The van der Waals surface area contributed by atoms with Crippen LogP contribution in [0, 0.1) is 5.41 Å². The lowest BCUT2D eigenvalue weighted by Crippen LogP contribution is -2.46. The highest BCUT2D eigenvalue weighted by Gasteiger charge is 2.30. The predicted octanol–water partition coefficient (Wildman–Crippen LogP) is 2.11. The van der Waals surface area contributed by atoms with Gasteiger partial charge in [-0.1, -0.05) is 20.8 Å². The van der Waals surface area contributed by atoms with Crippen LogP contribution in [0.3, 0.4) is 0 Å². The molecule has 0 amide bonds. The zero-order chi connectivity index (χ0) is 15.9. The first-order valence-corrected chi connectivity index (χ1v) is 9.65. The molecule has 1 fully saturated rings. The lowest BCUT2D eigenvalue weighted by molar-refractivity contribution is 0.217. The molecule has 2 N–H and O–H groups in total. The van der Waals surface area contributed by atoms with Gasteiger partial charge in [-0.2, -0.15) is 17.4 Å². The minimum atomic E-state index is -3.33. The molecule has 21 heavy (non-hydrogen) atoms. The van der Waals surface area contributed by atoms with Crippen molar-refractivity contribution in [2.45, 2.75) is 65.3 Å². The van der Waals surface area contributed by atoms with Crippen molar-refractivity contribution in [3.05, 3.63) is 0 Å². The average Bonchev–Trinajstić information content (AvgIpc) is 2.40. The Hall–Kier alpha value is -0.170. The van der Waals surface area contributed by atoms with Crippen molar-refractivity contribution < 1.29 is 8.42 Å². The lowest BCUT2D eigenvalue weighted by Gasteiger charge is -2.35. The van der Waals surface area contributed by atoms with Crippen LogP contribution in [-0.2, 0) is 10.2 Å². The van der Waals surface area contributed by atoms with Crippen molar-refractivity contribution in [2.24, 2.45) is 5.41 Å². The number of rotatable bonds is 9. The third-order valence-corrected chi connectivity index (χ3v) is 5.95. The fourth-order valence-corrected chi connectivity index (χ4v) is 3.87. The highest BCUT2D eigenvalue weighted by molar-refractivity contribution is 7.87. The molecule has 0 aliphatic heterocycles. The predicted molar refractivity (Wildman–Crippen MR) is 88.5 cm³/mol. The molecule has 1 aliphatic rings. The molecule has 0 saturated heterocycles. The highest BCUT2D eigenvalue weighted by Crippen LogP contribution is 2.35. The summed E-state index contributed by atoms with van der Waals surface area (Å²) in [4.78, 5) is 0. The maximum Gasteiger partial charge on any atom is 0.279 e. The van der Waals surface area contributed by atoms with Crippen LogP contribution in [0.5, 0.6) is 0 Å². The van der Waals surface area contributed by atoms with Gasteiger partial charge in [0.15, 0.2) is 0 Å². The molecule has 1 saturated carbocycles. The van der Waals surface area contributed by atoms with Crippen LogP contribution < -0.4 is 10.0 Å². The smallest absolute Gasteiger partial charge is 0.279 e. The van der Waals surface area contributed by atoms with Gasteiger partial charge in [0.2, 0.25) is 0 Å². The zero-order valence-corrected chi connectivity index (χ0v) is 14.9. The molecule has 0 radical (unpaired) electrons. The van der Waals surface area contributed by atoms with Crippen molar-refractivity contribution >= 4 is 10.2 Å². The maximum atomic E-state index is 12.3. The van der Waals surface area contributed by atoms with E-state index in [1.807, 2.05) is 0 Å². The average molecular weight is 320 g/mol. The van der Waals surface area contributed by atoms with Crippen LogP contribution in [0.15, 0.2) is 0 Å². The van der Waals surface area contributed by atoms with Gasteiger partial charge in [-0.05, 0) is 57.0 Å². The molecule has 0 bridgehead atoms. The quantitative estimate of drug-likeness (QED) is 0.640. The summed E-state index contributed by atoms with van der Waals surface area (Å²) >= 11 is 0. The van der Waals surface area contributed by atoms with Gasteiger partial charge in [-0.15, -0.1) is 0 Å². The maximum absolute atomic E-state index is 12.3.